The highest BCUT2D eigenvalue weighted by Crippen LogP contribution is 2.24. The van der Waals surface area contributed by atoms with E-state index >= 15 is 0 Å². The first-order valence-electron chi connectivity index (χ1n) is 10.8. The lowest BCUT2D eigenvalue weighted by Gasteiger charge is -2.24. The van der Waals surface area contributed by atoms with E-state index in [0.717, 1.165) is 19.3 Å². The highest BCUT2D eigenvalue weighted by molar-refractivity contribution is 5.38. The van der Waals surface area contributed by atoms with Gasteiger partial charge in [0, 0.05) is 6.04 Å². The Morgan fingerprint density at radius 2 is 1.55 bits per heavy atom. The SMILES string of the molecule is C=CCC(CC=C)NC(C=C)c1cc(Cc2ccc(C(C)CC)cc2)ccc1C. The molecule has 1 heteroatoms. The lowest BCUT2D eigenvalue weighted by atomic mass is 9.93. The summed E-state index contributed by atoms with van der Waals surface area (Å²) in [5.74, 6) is 0.619. The monoisotopic (exact) mass is 387 g/mol. The van der Waals surface area contributed by atoms with Crippen molar-refractivity contribution in [2.24, 2.45) is 0 Å². The van der Waals surface area contributed by atoms with E-state index in [9.17, 15) is 0 Å². The van der Waals surface area contributed by atoms with Crippen molar-refractivity contribution in [1.29, 1.82) is 0 Å². The van der Waals surface area contributed by atoms with Crippen molar-refractivity contribution in [3.63, 3.8) is 0 Å². The summed E-state index contributed by atoms with van der Waals surface area (Å²) in [7, 11) is 0. The smallest absolute Gasteiger partial charge is 0.0508 e. The van der Waals surface area contributed by atoms with E-state index in [4.69, 9.17) is 0 Å². The molecule has 1 nitrogen and oxygen atoms in total. The Labute approximate surface area is 178 Å². The molecule has 29 heavy (non-hydrogen) atoms. The van der Waals surface area contributed by atoms with Crippen molar-refractivity contribution in [2.45, 2.75) is 64.5 Å². The molecule has 0 heterocycles. The minimum atomic E-state index is 0.118. The van der Waals surface area contributed by atoms with Gasteiger partial charge in [-0.25, -0.2) is 0 Å². The average Bonchev–Trinajstić information content (AvgIpc) is 2.73. The van der Waals surface area contributed by atoms with Crippen molar-refractivity contribution < 1.29 is 0 Å². The summed E-state index contributed by atoms with van der Waals surface area (Å²) in [5, 5.41) is 3.72. The minimum Gasteiger partial charge on any atom is -0.303 e. The first-order valence-corrected chi connectivity index (χ1v) is 10.8. The minimum absolute atomic E-state index is 0.118. The van der Waals surface area contributed by atoms with E-state index in [1.54, 1.807) is 0 Å². The molecule has 0 aromatic heterocycles. The summed E-state index contributed by atoms with van der Waals surface area (Å²) >= 11 is 0. The van der Waals surface area contributed by atoms with Gasteiger partial charge in [0.15, 0.2) is 0 Å². The van der Waals surface area contributed by atoms with Gasteiger partial charge < -0.3 is 5.32 Å². The van der Waals surface area contributed by atoms with Crippen LogP contribution < -0.4 is 5.32 Å². The fourth-order valence-corrected chi connectivity index (χ4v) is 3.74. The number of rotatable bonds is 12. The molecule has 0 aliphatic heterocycles. The molecule has 1 N–H and O–H groups in total. The Morgan fingerprint density at radius 1 is 0.931 bits per heavy atom. The van der Waals surface area contributed by atoms with Gasteiger partial charge in [-0.1, -0.05) is 74.5 Å². The topological polar surface area (TPSA) is 12.0 Å². The third-order valence-corrected chi connectivity index (χ3v) is 5.80. The fourth-order valence-electron chi connectivity index (χ4n) is 3.74. The van der Waals surface area contributed by atoms with Gasteiger partial charge in [0.1, 0.15) is 0 Å². The molecule has 2 aromatic rings. The van der Waals surface area contributed by atoms with E-state index in [0.29, 0.717) is 12.0 Å². The molecule has 2 aromatic carbocycles. The molecular weight excluding hydrogens is 350 g/mol. The molecule has 0 aliphatic carbocycles. The molecule has 0 radical (unpaired) electrons. The van der Waals surface area contributed by atoms with Crippen molar-refractivity contribution in [2.75, 3.05) is 0 Å². The van der Waals surface area contributed by atoms with Crippen LogP contribution >= 0.6 is 0 Å². The molecule has 2 unspecified atom stereocenters. The van der Waals surface area contributed by atoms with Gasteiger partial charge in [-0.05, 0) is 66.3 Å². The third kappa shape index (κ3) is 6.58. The summed E-state index contributed by atoms with van der Waals surface area (Å²) in [5.41, 5.74) is 6.69. The maximum absolute atomic E-state index is 4.09. The van der Waals surface area contributed by atoms with Crippen LogP contribution in [0.25, 0.3) is 0 Å². The van der Waals surface area contributed by atoms with Crippen molar-refractivity contribution in [1.82, 2.24) is 5.32 Å². The van der Waals surface area contributed by atoms with Crippen LogP contribution in [0, 0.1) is 6.92 Å². The second-order valence-corrected chi connectivity index (χ2v) is 8.04. The van der Waals surface area contributed by atoms with Gasteiger partial charge in [-0.3, -0.25) is 0 Å². The van der Waals surface area contributed by atoms with Crippen molar-refractivity contribution >= 4 is 0 Å². The zero-order valence-corrected chi connectivity index (χ0v) is 18.5. The van der Waals surface area contributed by atoms with Crippen LogP contribution in [-0.2, 0) is 6.42 Å². The summed E-state index contributed by atoms with van der Waals surface area (Å²) in [6.07, 6.45) is 9.89. The van der Waals surface area contributed by atoms with Crippen LogP contribution in [0.4, 0.5) is 0 Å². The molecular formula is C28H37N. The van der Waals surface area contributed by atoms with Crippen molar-refractivity contribution in [3.05, 3.63) is 108 Å². The molecule has 2 rings (SSSR count). The van der Waals surface area contributed by atoms with Crippen LogP contribution in [0.15, 0.2) is 80.4 Å². The quantitative estimate of drug-likeness (QED) is 0.373. The van der Waals surface area contributed by atoms with Gasteiger partial charge in [0.25, 0.3) is 0 Å². The number of hydrogen-bond acceptors (Lipinski definition) is 1. The van der Waals surface area contributed by atoms with Gasteiger partial charge in [-0.2, -0.15) is 0 Å². The maximum Gasteiger partial charge on any atom is 0.0508 e. The van der Waals surface area contributed by atoms with Crippen LogP contribution in [0.5, 0.6) is 0 Å². The molecule has 0 bridgehead atoms. The normalized spacial score (nSPS) is 13.1. The summed E-state index contributed by atoms with van der Waals surface area (Å²) < 4.78 is 0. The maximum atomic E-state index is 4.09. The molecule has 2 atom stereocenters. The number of aryl methyl sites for hydroxylation is 1. The zero-order valence-electron chi connectivity index (χ0n) is 18.5. The first kappa shape index (κ1) is 22.9. The predicted molar refractivity (Wildman–Crippen MR) is 129 cm³/mol. The summed E-state index contributed by atoms with van der Waals surface area (Å²) in [6.45, 7) is 18.6. The molecule has 154 valence electrons. The van der Waals surface area contributed by atoms with E-state index in [1.807, 2.05) is 18.2 Å². The van der Waals surface area contributed by atoms with Crippen LogP contribution in [0.3, 0.4) is 0 Å². The second-order valence-electron chi connectivity index (χ2n) is 8.04. The molecule has 0 aliphatic rings. The van der Waals surface area contributed by atoms with E-state index in [-0.39, 0.29) is 6.04 Å². The third-order valence-electron chi connectivity index (χ3n) is 5.80. The molecule has 0 saturated heterocycles. The van der Waals surface area contributed by atoms with Crippen LogP contribution in [0.1, 0.15) is 72.9 Å². The number of nitrogens with one attached hydrogen (secondary N) is 1. The predicted octanol–water partition coefficient (Wildman–Crippen LogP) is 7.44. The molecule has 0 saturated carbocycles. The van der Waals surface area contributed by atoms with Gasteiger partial charge >= 0.3 is 0 Å². The Morgan fingerprint density at radius 3 is 2.10 bits per heavy atom. The summed E-state index contributed by atoms with van der Waals surface area (Å²) in [6, 6.07) is 16.3. The Balaban J connectivity index is 2.20. The fraction of sp³-hybridized carbons (Fsp3) is 0.357. The number of benzene rings is 2. The largest absolute Gasteiger partial charge is 0.303 e. The average molecular weight is 388 g/mol. The molecule has 0 fully saturated rings. The standard InChI is InChI=1S/C28H37N/c1-7-11-26(12-8-2)29-28(10-4)27-20-24(14-13-22(27)6)19-23-15-17-25(18-16-23)21(5)9-3/h7-8,10,13-18,20-21,26,28-29H,1-2,4,9,11-12,19H2,3,5-6H3. The zero-order chi connectivity index (χ0) is 21.2. The highest BCUT2D eigenvalue weighted by atomic mass is 14.9. The van der Waals surface area contributed by atoms with E-state index < -0.39 is 0 Å². The lowest BCUT2D eigenvalue weighted by Crippen LogP contribution is -2.31. The highest BCUT2D eigenvalue weighted by Gasteiger charge is 2.15. The van der Waals surface area contributed by atoms with Gasteiger partial charge in [0.05, 0.1) is 6.04 Å². The Kier molecular flexibility index (Phi) is 9.15. The second kappa shape index (κ2) is 11.6. The van der Waals surface area contributed by atoms with Crippen molar-refractivity contribution in [3.8, 4) is 0 Å². The Hall–Kier alpha value is -2.38. The summed E-state index contributed by atoms with van der Waals surface area (Å²) in [4.78, 5) is 0. The van der Waals surface area contributed by atoms with E-state index in [2.05, 4.69) is 88.3 Å². The molecule has 0 amide bonds. The van der Waals surface area contributed by atoms with Crippen LogP contribution in [0.2, 0.25) is 0 Å². The Bertz CT molecular complexity index is 790. The van der Waals surface area contributed by atoms with Gasteiger partial charge in [-0.15, -0.1) is 19.7 Å². The van der Waals surface area contributed by atoms with Gasteiger partial charge in [0.2, 0.25) is 0 Å². The van der Waals surface area contributed by atoms with E-state index in [1.165, 1.54) is 34.2 Å². The molecule has 0 spiro atoms. The van der Waals surface area contributed by atoms with Crippen LogP contribution in [-0.4, -0.2) is 6.04 Å². The number of hydrogen-bond donors (Lipinski definition) is 1. The first-order chi connectivity index (χ1) is 14.0. The lowest BCUT2D eigenvalue weighted by molar-refractivity contribution is 0.483.